The fourth-order valence-corrected chi connectivity index (χ4v) is 1.66. The fourth-order valence-electron chi connectivity index (χ4n) is 1.66. The Hall–Kier alpha value is -2.12. The first-order valence-corrected chi connectivity index (χ1v) is 5.44. The van der Waals surface area contributed by atoms with Gasteiger partial charge in [-0.3, -0.25) is 5.84 Å². The van der Waals surface area contributed by atoms with E-state index in [1.807, 2.05) is 0 Å². The van der Waals surface area contributed by atoms with E-state index in [9.17, 15) is 8.78 Å². The van der Waals surface area contributed by atoms with Gasteiger partial charge in [0.1, 0.15) is 11.6 Å². The summed E-state index contributed by atoms with van der Waals surface area (Å²) in [5.74, 6) is 4.57. The van der Waals surface area contributed by atoms with Crippen LogP contribution in [0.1, 0.15) is 17.3 Å². The maximum absolute atomic E-state index is 13.7. The van der Waals surface area contributed by atoms with Crippen molar-refractivity contribution in [1.29, 1.82) is 0 Å². The van der Waals surface area contributed by atoms with Crippen LogP contribution in [0.4, 0.5) is 8.78 Å². The van der Waals surface area contributed by atoms with Crippen LogP contribution in [-0.2, 0) is 0 Å². The monoisotopic (exact) mass is 266 g/mol. The average Bonchev–Trinajstić information content (AvgIpc) is 2.44. The maximum atomic E-state index is 13.7. The molecular formula is C12H12F2N4O. The number of hydrogen-bond acceptors (Lipinski definition) is 5. The zero-order valence-electron chi connectivity index (χ0n) is 10.1. The summed E-state index contributed by atoms with van der Waals surface area (Å²) in [5, 5.41) is 7.62. The second-order valence-electron chi connectivity index (χ2n) is 3.77. The number of hydrogen-bond donors (Lipinski definition) is 2. The lowest BCUT2D eigenvalue weighted by atomic mass is 10.0. The molecule has 0 saturated heterocycles. The third-order valence-electron chi connectivity index (χ3n) is 2.60. The van der Waals surface area contributed by atoms with E-state index in [1.165, 1.54) is 7.11 Å². The van der Waals surface area contributed by atoms with Crippen LogP contribution < -0.4 is 16.0 Å². The standard InChI is InChI=1S/C12H12F2N4O/c1-19-11-5-4-10(17-18-11)12(16-15)8-6-7(13)2-3-9(8)14/h2-6,12,16H,15H2,1H3. The molecule has 1 atom stereocenters. The number of halogens is 2. The number of hydrazine groups is 1. The Labute approximate surface area is 108 Å². The minimum atomic E-state index is -0.797. The summed E-state index contributed by atoms with van der Waals surface area (Å²) in [6, 6.07) is 5.46. The number of benzene rings is 1. The second kappa shape index (κ2) is 5.68. The Morgan fingerprint density at radius 2 is 2.00 bits per heavy atom. The van der Waals surface area contributed by atoms with Gasteiger partial charge in [0.15, 0.2) is 0 Å². The molecule has 3 N–H and O–H groups in total. The fraction of sp³-hybridized carbons (Fsp3) is 0.167. The smallest absolute Gasteiger partial charge is 0.233 e. The molecule has 0 bridgehead atoms. The largest absolute Gasteiger partial charge is 0.480 e. The number of ether oxygens (including phenoxy) is 1. The van der Waals surface area contributed by atoms with E-state index < -0.39 is 17.7 Å². The molecule has 0 aliphatic heterocycles. The summed E-state index contributed by atoms with van der Waals surface area (Å²) in [6.07, 6.45) is 0. The number of nitrogens with two attached hydrogens (primary N) is 1. The van der Waals surface area contributed by atoms with Gasteiger partial charge in [0.05, 0.1) is 18.8 Å². The van der Waals surface area contributed by atoms with Gasteiger partial charge in [-0.1, -0.05) is 0 Å². The summed E-state index contributed by atoms with van der Waals surface area (Å²) in [4.78, 5) is 0. The van der Waals surface area contributed by atoms with Crippen LogP contribution in [0.5, 0.6) is 5.88 Å². The molecule has 1 aromatic carbocycles. The van der Waals surface area contributed by atoms with Gasteiger partial charge < -0.3 is 4.74 Å². The molecule has 0 amide bonds. The summed E-state index contributed by atoms with van der Waals surface area (Å²) in [7, 11) is 1.45. The van der Waals surface area contributed by atoms with E-state index in [-0.39, 0.29) is 5.56 Å². The zero-order valence-corrected chi connectivity index (χ0v) is 10.1. The second-order valence-corrected chi connectivity index (χ2v) is 3.77. The van der Waals surface area contributed by atoms with Crippen molar-refractivity contribution in [3.63, 3.8) is 0 Å². The molecule has 2 rings (SSSR count). The highest BCUT2D eigenvalue weighted by molar-refractivity contribution is 5.29. The predicted octanol–water partition coefficient (Wildman–Crippen LogP) is 1.32. The van der Waals surface area contributed by atoms with Crippen molar-refractivity contribution in [2.45, 2.75) is 6.04 Å². The van der Waals surface area contributed by atoms with Crippen molar-refractivity contribution in [1.82, 2.24) is 15.6 Å². The summed E-state index contributed by atoms with van der Waals surface area (Å²) in [5.41, 5.74) is 2.80. The van der Waals surface area contributed by atoms with Gasteiger partial charge in [-0.05, 0) is 24.3 Å². The summed E-state index contributed by atoms with van der Waals surface area (Å²) >= 11 is 0. The first-order valence-electron chi connectivity index (χ1n) is 5.44. The van der Waals surface area contributed by atoms with Gasteiger partial charge in [-0.2, -0.15) is 0 Å². The van der Waals surface area contributed by atoms with E-state index in [4.69, 9.17) is 10.6 Å². The van der Waals surface area contributed by atoms with Crippen LogP contribution >= 0.6 is 0 Å². The quantitative estimate of drug-likeness (QED) is 0.645. The number of methoxy groups -OCH3 is 1. The van der Waals surface area contributed by atoms with Gasteiger partial charge in [-0.15, -0.1) is 10.2 Å². The predicted molar refractivity (Wildman–Crippen MR) is 64.1 cm³/mol. The van der Waals surface area contributed by atoms with Gasteiger partial charge in [-0.25, -0.2) is 14.2 Å². The highest BCUT2D eigenvalue weighted by Gasteiger charge is 2.19. The lowest BCUT2D eigenvalue weighted by Crippen LogP contribution is -2.30. The minimum absolute atomic E-state index is 0.0574. The van der Waals surface area contributed by atoms with Crippen molar-refractivity contribution in [3.8, 4) is 5.88 Å². The first-order chi connectivity index (χ1) is 9.15. The molecule has 1 unspecified atom stereocenters. The SMILES string of the molecule is COc1ccc(C(NN)c2cc(F)ccc2F)nn1. The van der Waals surface area contributed by atoms with Gasteiger partial charge in [0, 0.05) is 11.6 Å². The van der Waals surface area contributed by atoms with Gasteiger partial charge >= 0.3 is 0 Å². The van der Waals surface area contributed by atoms with Crippen LogP contribution in [0.15, 0.2) is 30.3 Å². The van der Waals surface area contributed by atoms with Crippen molar-refractivity contribution >= 4 is 0 Å². The van der Waals surface area contributed by atoms with E-state index >= 15 is 0 Å². The van der Waals surface area contributed by atoms with Crippen molar-refractivity contribution in [2.24, 2.45) is 5.84 Å². The molecule has 0 spiro atoms. The molecule has 2 aromatic rings. The number of aromatic nitrogens is 2. The van der Waals surface area contributed by atoms with Crippen LogP contribution in [0.2, 0.25) is 0 Å². The summed E-state index contributed by atoms with van der Waals surface area (Å²) < 4.78 is 31.8. The molecule has 0 fully saturated rings. The lowest BCUT2D eigenvalue weighted by Gasteiger charge is -2.16. The van der Waals surface area contributed by atoms with Crippen LogP contribution in [0.3, 0.4) is 0 Å². The maximum Gasteiger partial charge on any atom is 0.233 e. The molecule has 0 saturated carbocycles. The van der Waals surface area contributed by atoms with E-state index in [2.05, 4.69) is 15.6 Å². The van der Waals surface area contributed by atoms with Crippen LogP contribution in [0.25, 0.3) is 0 Å². The molecule has 0 radical (unpaired) electrons. The molecule has 7 heteroatoms. The Bertz CT molecular complexity index is 562. The summed E-state index contributed by atoms with van der Waals surface area (Å²) in [6.45, 7) is 0. The third-order valence-corrected chi connectivity index (χ3v) is 2.60. The number of nitrogens with zero attached hydrogens (tertiary/aromatic N) is 2. The topological polar surface area (TPSA) is 73.1 Å². The third kappa shape index (κ3) is 2.83. The molecule has 0 aliphatic rings. The molecule has 5 nitrogen and oxygen atoms in total. The highest BCUT2D eigenvalue weighted by atomic mass is 19.1. The van der Waals surface area contributed by atoms with Crippen molar-refractivity contribution < 1.29 is 13.5 Å². The molecule has 1 heterocycles. The number of nitrogens with one attached hydrogen (secondary N) is 1. The first kappa shape index (κ1) is 13.3. The molecule has 0 aliphatic carbocycles. The molecular weight excluding hydrogens is 254 g/mol. The van der Waals surface area contributed by atoms with Crippen LogP contribution in [-0.4, -0.2) is 17.3 Å². The minimum Gasteiger partial charge on any atom is -0.480 e. The zero-order chi connectivity index (χ0) is 13.8. The van der Waals surface area contributed by atoms with Gasteiger partial charge in [0.2, 0.25) is 5.88 Å². The van der Waals surface area contributed by atoms with Crippen molar-refractivity contribution in [3.05, 3.63) is 53.2 Å². The van der Waals surface area contributed by atoms with E-state index in [0.29, 0.717) is 11.6 Å². The Morgan fingerprint density at radius 3 is 2.58 bits per heavy atom. The lowest BCUT2D eigenvalue weighted by molar-refractivity contribution is 0.390. The van der Waals surface area contributed by atoms with Crippen LogP contribution in [0, 0.1) is 11.6 Å². The number of rotatable bonds is 4. The molecule has 1 aromatic heterocycles. The Kier molecular flexibility index (Phi) is 3.98. The Balaban J connectivity index is 2.40. The highest BCUT2D eigenvalue weighted by Crippen LogP contribution is 2.23. The van der Waals surface area contributed by atoms with Crippen molar-refractivity contribution in [2.75, 3.05) is 7.11 Å². The van der Waals surface area contributed by atoms with Gasteiger partial charge in [0.25, 0.3) is 0 Å². The normalized spacial score (nSPS) is 12.2. The van der Waals surface area contributed by atoms with E-state index in [1.54, 1.807) is 12.1 Å². The Morgan fingerprint density at radius 1 is 1.21 bits per heavy atom. The molecule has 100 valence electrons. The molecule has 19 heavy (non-hydrogen) atoms. The van der Waals surface area contributed by atoms with E-state index in [0.717, 1.165) is 18.2 Å². The average molecular weight is 266 g/mol.